The molecule has 0 radical (unpaired) electrons. The van der Waals surface area contributed by atoms with Gasteiger partial charge in [-0.3, -0.25) is 4.79 Å². The number of carbonyl (C=O) groups excluding carboxylic acids is 1. The number of carbonyl (C=O) groups is 1. The van der Waals surface area contributed by atoms with E-state index in [4.69, 9.17) is 9.72 Å². The Hall–Kier alpha value is -2.89. The Morgan fingerprint density at radius 3 is 2.86 bits per heavy atom. The van der Waals surface area contributed by atoms with Crippen molar-refractivity contribution < 1.29 is 9.53 Å². The topological polar surface area (TPSA) is 69.0 Å². The normalized spacial score (nSPS) is 13.9. The number of ether oxygens (including phenoxy) is 1. The molecule has 1 amide bonds. The third kappa shape index (κ3) is 3.86. The van der Waals surface area contributed by atoms with Gasteiger partial charge in [-0.25, -0.2) is 9.67 Å². The second kappa shape index (κ2) is 7.62. The number of nitrogens with one attached hydrogen (secondary N) is 1. The number of hydrogen-bond acceptors (Lipinski definition) is 4. The third-order valence-corrected chi connectivity index (χ3v) is 4.96. The lowest BCUT2D eigenvalue weighted by atomic mass is 10.1. The molecule has 1 saturated carbocycles. The number of pyridine rings is 1. The Bertz CT molecular complexity index is 1000. The van der Waals surface area contributed by atoms with Crippen LogP contribution in [0.15, 0.2) is 36.5 Å². The molecule has 1 fully saturated rings. The molecule has 1 aliphatic rings. The summed E-state index contributed by atoms with van der Waals surface area (Å²) in [6.45, 7) is 7.02. The number of nitrogens with zero attached hydrogens (tertiary/aromatic N) is 3. The van der Waals surface area contributed by atoms with Crippen molar-refractivity contribution in [3.63, 3.8) is 0 Å². The summed E-state index contributed by atoms with van der Waals surface area (Å²) >= 11 is 0. The molecule has 0 bridgehead atoms. The van der Waals surface area contributed by atoms with Gasteiger partial charge in [-0.1, -0.05) is 12.1 Å². The average molecular weight is 378 g/mol. The van der Waals surface area contributed by atoms with Crippen molar-refractivity contribution in [1.29, 1.82) is 0 Å². The van der Waals surface area contributed by atoms with Gasteiger partial charge in [-0.2, -0.15) is 5.10 Å². The highest BCUT2D eigenvalue weighted by molar-refractivity contribution is 6.05. The van der Waals surface area contributed by atoms with Crippen LogP contribution >= 0.6 is 0 Å². The predicted octanol–water partition coefficient (Wildman–Crippen LogP) is 4.01. The summed E-state index contributed by atoms with van der Waals surface area (Å²) in [6, 6.07) is 10.0. The maximum Gasteiger partial charge on any atom is 0.252 e. The number of hydrogen-bond donors (Lipinski definition) is 1. The Labute approximate surface area is 164 Å². The van der Waals surface area contributed by atoms with Crippen LogP contribution in [0.3, 0.4) is 0 Å². The van der Waals surface area contributed by atoms with Crippen molar-refractivity contribution in [3.8, 4) is 5.75 Å². The summed E-state index contributed by atoms with van der Waals surface area (Å²) in [7, 11) is 0. The predicted molar refractivity (Wildman–Crippen MR) is 109 cm³/mol. The molecule has 0 aliphatic heterocycles. The van der Waals surface area contributed by atoms with Gasteiger partial charge in [0.2, 0.25) is 0 Å². The highest BCUT2D eigenvalue weighted by Crippen LogP contribution is 2.40. The molecule has 1 aromatic carbocycles. The molecule has 1 aliphatic carbocycles. The van der Waals surface area contributed by atoms with E-state index in [0.717, 1.165) is 40.9 Å². The van der Waals surface area contributed by atoms with E-state index in [-0.39, 0.29) is 11.9 Å². The number of aromatic nitrogens is 3. The van der Waals surface area contributed by atoms with Crippen molar-refractivity contribution in [2.75, 3.05) is 13.2 Å². The lowest BCUT2D eigenvalue weighted by molar-refractivity contribution is 0.0948. The molecular weight excluding hydrogens is 352 g/mol. The lowest BCUT2D eigenvalue weighted by Gasteiger charge is -2.11. The van der Waals surface area contributed by atoms with Crippen molar-refractivity contribution in [2.45, 2.75) is 45.6 Å². The zero-order valence-electron chi connectivity index (χ0n) is 16.6. The zero-order chi connectivity index (χ0) is 19.7. The molecule has 0 unspecified atom stereocenters. The third-order valence-electron chi connectivity index (χ3n) is 4.96. The van der Waals surface area contributed by atoms with E-state index in [1.54, 1.807) is 6.20 Å². The van der Waals surface area contributed by atoms with Crippen LogP contribution in [-0.4, -0.2) is 33.8 Å². The van der Waals surface area contributed by atoms with Gasteiger partial charge in [0.1, 0.15) is 12.4 Å². The van der Waals surface area contributed by atoms with Crippen LogP contribution in [0, 0.1) is 6.92 Å². The number of rotatable bonds is 7. The highest BCUT2D eigenvalue weighted by atomic mass is 16.5. The smallest absolute Gasteiger partial charge is 0.252 e. The Kier molecular flexibility index (Phi) is 5.03. The quantitative estimate of drug-likeness (QED) is 0.631. The molecular formula is C22H26N4O2. The summed E-state index contributed by atoms with van der Waals surface area (Å²) < 4.78 is 7.61. The van der Waals surface area contributed by atoms with Gasteiger partial charge < -0.3 is 10.1 Å². The second-order valence-electron chi connectivity index (χ2n) is 7.71. The number of aryl methyl sites for hydroxylation is 1. The minimum atomic E-state index is -0.106. The first kappa shape index (κ1) is 18.5. The maximum atomic E-state index is 12.9. The Morgan fingerprint density at radius 2 is 2.14 bits per heavy atom. The van der Waals surface area contributed by atoms with E-state index in [2.05, 4.69) is 24.3 Å². The number of amides is 1. The van der Waals surface area contributed by atoms with Gasteiger partial charge in [0.25, 0.3) is 5.91 Å². The van der Waals surface area contributed by atoms with E-state index in [0.29, 0.717) is 24.6 Å². The van der Waals surface area contributed by atoms with Crippen LogP contribution in [-0.2, 0) is 0 Å². The maximum absolute atomic E-state index is 12.9. The largest absolute Gasteiger partial charge is 0.492 e. The second-order valence-corrected chi connectivity index (χ2v) is 7.71. The van der Waals surface area contributed by atoms with Crippen LogP contribution in [0.1, 0.15) is 60.3 Å². The van der Waals surface area contributed by atoms with Crippen LogP contribution in [0.4, 0.5) is 0 Å². The SMILES string of the molecule is Cc1cccc(OCCNC(=O)c2cc(C3CC3)nc3c2cnn3C(C)C)c1. The standard InChI is InChI=1S/C22H26N4O2/c1-14(2)26-21-19(13-24-26)18(12-20(25-21)16-7-8-16)22(27)23-9-10-28-17-6-4-5-15(3)11-17/h4-6,11-14,16H,7-10H2,1-3H3,(H,23,27). The summed E-state index contributed by atoms with van der Waals surface area (Å²) in [6.07, 6.45) is 4.02. The van der Waals surface area contributed by atoms with Crippen molar-refractivity contribution >= 4 is 16.9 Å². The minimum absolute atomic E-state index is 0.106. The van der Waals surface area contributed by atoms with Crippen molar-refractivity contribution in [2.24, 2.45) is 0 Å². The molecule has 2 heterocycles. The molecule has 2 aromatic heterocycles. The fraction of sp³-hybridized carbons (Fsp3) is 0.409. The van der Waals surface area contributed by atoms with Crippen LogP contribution < -0.4 is 10.1 Å². The van der Waals surface area contributed by atoms with E-state index in [9.17, 15) is 4.79 Å². The van der Waals surface area contributed by atoms with Crippen molar-refractivity contribution in [1.82, 2.24) is 20.1 Å². The summed E-state index contributed by atoms with van der Waals surface area (Å²) in [4.78, 5) is 17.7. The molecule has 4 rings (SSSR count). The summed E-state index contributed by atoms with van der Waals surface area (Å²) in [5.41, 5.74) is 3.58. The lowest BCUT2D eigenvalue weighted by Crippen LogP contribution is -2.28. The van der Waals surface area contributed by atoms with Gasteiger partial charge in [-0.05, 0) is 57.4 Å². The van der Waals surface area contributed by atoms with E-state index >= 15 is 0 Å². The highest BCUT2D eigenvalue weighted by Gasteiger charge is 2.28. The van der Waals surface area contributed by atoms with E-state index < -0.39 is 0 Å². The monoisotopic (exact) mass is 378 g/mol. The Balaban J connectivity index is 1.48. The van der Waals surface area contributed by atoms with E-state index in [1.807, 2.05) is 41.9 Å². The molecule has 0 spiro atoms. The fourth-order valence-electron chi connectivity index (χ4n) is 3.33. The minimum Gasteiger partial charge on any atom is -0.492 e. The molecule has 28 heavy (non-hydrogen) atoms. The molecule has 6 nitrogen and oxygen atoms in total. The molecule has 1 N–H and O–H groups in total. The molecule has 0 atom stereocenters. The molecule has 146 valence electrons. The summed E-state index contributed by atoms with van der Waals surface area (Å²) in [5.74, 6) is 1.18. The molecule has 0 saturated heterocycles. The van der Waals surface area contributed by atoms with Gasteiger partial charge in [0.05, 0.1) is 23.7 Å². The first-order valence-corrected chi connectivity index (χ1v) is 9.88. The summed E-state index contributed by atoms with van der Waals surface area (Å²) in [5, 5.41) is 8.23. The number of benzene rings is 1. The van der Waals surface area contributed by atoms with Crippen LogP contribution in [0.5, 0.6) is 5.75 Å². The van der Waals surface area contributed by atoms with Crippen molar-refractivity contribution in [3.05, 3.63) is 53.3 Å². The average Bonchev–Trinajstić information content (AvgIpc) is 3.43. The molecule has 6 heteroatoms. The van der Waals surface area contributed by atoms with E-state index in [1.165, 1.54) is 0 Å². The van der Waals surface area contributed by atoms with Gasteiger partial charge in [-0.15, -0.1) is 0 Å². The van der Waals surface area contributed by atoms with Gasteiger partial charge >= 0.3 is 0 Å². The number of fused-ring (bicyclic) bond motifs is 1. The Morgan fingerprint density at radius 1 is 1.32 bits per heavy atom. The van der Waals surface area contributed by atoms with Crippen LogP contribution in [0.25, 0.3) is 11.0 Å². The first-order valence-electron chi connectivity index (χ1n) is 9.88. The fourth-order valence-corrected chi connectivity index (χ4v) is 3.33. The first-order chi connectivity index (χ1) is 13.5. The zero-order valence-corrected chi connectivity index (χ0v) is 16.6. The van der Waals surface area contributed by atoms with Gasteiger partial charge in [0.15, 0.2) is 5.65 Å². The molecule has 3 aromatic rings. The van der Waals surface area contributed by atoms with Crippen LogP contribution in [0.2, 0.25) is 0 Å². The van der Waals surface area contributed by atoms with Gasteiger partial charge in [0, 0.05) is 17.7 Å².